The second-order valence-corrected chi connectivity index (χ2v) is 1.98. The van der Waals surface area contributed by atoms with Gasteiger partial charge in [-0.1, -0.05) is 0 Å². The Morgan fingerprint density at radius 1 is 1.50 bits per heavy atom. The maximum atomic E-state index is 11.4. The van der Waals surface area contributed by atoms with E-state index in [2.05, 4.69) is 0 Å². The van der Waals surface area contributed by atoms with E-state index < -0.39 is 0 Å². The lowest BCUT2D eigenvalue weighted by Gasteiger charge is -1.83. The molecule has 0 saturated carbocycles. The monoisotopic (exact) mass is 118 g/mol. The van der Waals surface area contributed by atoms with Gasteiger partial charge in [-0.25, -0.2) is 4.58 Å². The van der Waals surface area contributed by atoms with Crippen molar-refractivity contribution in [2.75, 3.05) is 20.8 Å². The molecular weight excluding hydrogens is 105 g/mol. The van der Waals surface area contributed by atoms with E-state index in [1.54, 1.807) is 0 Å². The number of hydrogen-bond donors (Lipinski definition) is 0. The molecule has 0 aliphatic rings. The van der Waals surface area contributed by atoms with Crippen molar-refractivity contribution in [1.29, 1.82) is 0 Å². The largest absolute Gasteiger partial charge is 0.251 e. The maximum Gasteiger partial charge on any atom is 0.139 e. The molecule has 0 spiro atoms. The summed E-state index contributed by atoms with van der Waals surface area (Å²) in [6.45, 7) is -0.204. The zero-order valence-corrected chi connectivity index (χ0v) is 5.52. The highest BCUT2D eigenvalue weighted by atomic mass is 19.1. The summed E-state index contributed by atoms with van der Waals surface area (Å²) < 4.78 is 13.3. The number of alkyl halides is 1. The highest BCUT2D eigenvalue weighted by molar-refractivity contribution is 5.50. The summed E-state index contributed by atoms with van der Waals surface area (Å²) in [4.78, 5) is 0. The highest BCUT2D eigenvalue weighted by Gasteiger charge is 1.84. The van der Waals surface area contributed by atoms with Gasteiger partial charge in [0.15, 0.2) is 0 Å². The molecule has 0 aliphatic carbocycles. The van der Waals surface area contributed by atoms with Crippen LogP contribution in [0.4, 0.5) is 4.39 Å². The van der Waals surface area contributed by atoms with E-state index in [-0.39, 0.29) is 6.67 Å². The highest BCUT2D eigenvalue weighted by Crippen LogP contribution is 1.83. The Hall–Kier alpha value is -0.400. The van der Waals surface area contributed by atoms with Crippen LogP contribution in [0.1, 0.15) is 12.8 Å². The van der Waals surface area contributed by atoms with Crippen molar-refractivity contribution in [2.24, 2.45) is 0 Å². The van der Waals surface area contributed by atoms with Crippen LogP contribution >= 0.6 is 0 Å². The molecule has 1 nitrogen and oxygen atoms in total. The van der Waals surface area contributed by atoms with Gasteiger partial charge in [0.05, 0.1) is 6.67 Å². The zero-order chi connectivity index (χ0) is 6.41. The van der Waals surface area contributed by atoms with Crippen LogP contribution in [0, 0.1) is 0 Å². The van der Waals surface area contributed by atoms with Gasteiger partial charge in [-0.3, -0.25) is 4.39 Å². The average Bonchev–Trinajstić information content (AvgIpc) is 1.66. The lowest BCUT2D eigenvalue weighted by atomic mass is 10.3. The molecule has 2 heteroatoms. The Morgan fingerprint density at radius 3 is 2.50 bits per heavy atom. The first kappa shape index (κ1) is 7.60. The van der Waals surface area contributed by atoms with Crippen molar-refractivity contribution in [1.82, 2.24) is 0 Å². The topological polar surface area (TPSA) is 3.01 Å². The first-order valence-corrected chi connectivity index (χ1v) is 2.83. The van der Waals surface area contributed by atoms with E-state index in [1.807, 2.05) is 24.9 Å². The van der Waals surface area contributed by atoms with Crippen molar-refractivity contribution in [3.05, 3.63) is 0 Å². The Morgan fingerprint density at radius 2 is 2.12 bits per heavy atom. The van der Waals surface area contributed by atoms with E-state index >= 15 is 0 Å². The molecule has 0 radical (unpaired) electrons. The number of nitrogens with zero attached hydrogens (tertiary/aromatic N) is 1. The third-order valence-corrected chi connectivity index (χ3v) is 0.832. The minimum atomic E-state index is -0.204. The Labute approximate surface area is 49.8 Å². The van der Waals surface area contributed by atoms with Gasteiger partial charge in [0.25, 0.3) is 0 Å². The van der Waals surface area contributed by atoms with E-state index in [0.717, 1.165) is 6.42 Å². The minimum Gasteiger partial charge on any atom is -0.251 e. The Balaban J connectivity index is 3.03. The molecule has 0 amide bonds. The molecule has 48 valence electrons. The predicted molar refractivity (Wildman–Crippen MR) is 33.4 cm³/mol. The number of hydrogen-bond acceptors (Lipinski definition) is 0. The Bertz CT molecular complexity index is 74.6. The summed E-state index contributed by atoms with van der Waals surface area (Å²) in [5, 5.41) is 0. The first-order valence-electron chi connectivity index (χ1n) is 2.83. The van der Waals surface area contributed by atoms with Gasteiger partial charge in [-0.15, -0.1) is 0 Å². The lowest BCUT2D eigenvalue weighted by Crippen LogP contribution is -1.98. The molecule has 0 aliphatic heterocycles. The second kappa shape index (κ2) is 4.75. The third kappa shape index (κ3) is 5.60. The predicted octanol–water partition coefficient (Wildman–Crippen LogP) is 1.08. The lowest BCUT2D eigenvalue weighted by molar-refractivity contribution is -0.460. The van der Waals surface area contributed by atoms with Crippen LogP contribution in [0.5, 0.6) is 0 Å². The van der Waals surface area contributed by atoms with Crippen LogP contribution in [0.3, 0.4) is 0 Å². The molecule has 0 rings (SSSR count). The van der Waals surface area contributed by atoms with E-state index in [9.17, 15) is 4.39 Å². The van der Waals surface area contributed by atoms with E-state index in [0.29, 0.717) is 6.42 Å². The number of halogens is 1. The summed E-state index contributed by atoms with van der Waals surface area (Å²) in [5.74, 6) is 0. The van der Waals surface area contributed by atoms with Crippen LogP contribution in [-0.4, -0.2) is 31.6 Å². The maximum absolute atomic E-state index is 11.4. The van der Waals surface area contributed by atoms with E-state index in [1.165, 1.54) is 0 Å². The van der Waals surface area contributed by atoms with Crippen molar-refractivity contribution < 1.29 is 8.97 Å². The molecule has 0 fully saturated rings. The third-order valence-electron chi connectivity index (χ3n) is 0.832. The Kier molecular flexibility index (Phi) is 4.51. The molecule has 0 saturated heterocycles. The van der Waals surface area contributed by atoms with Gasteiger partial charge in [0.1, 0.15) is 20.3 Å². The van der Waals surface area contributed by atoms with Crippen molar-refractivity contribution in [2.45, 2.75) is 12.8 Å². The molecule has 8 heavy (non-hydrogen) atoms. The normalized spacial score (nSPS) is 8.88. The summed E-state index contributed by atoms with van der Waals surface area (Å²) in [6.07, 6.45) is 3.47. The number of rotatable bonds is 3. The molecule has 0 aromatic rings. The van der Waals surface area contributed by atoms with Crippen molar-refractivity contribution in [3.8, 4) is 0 Å². The molecule has 0 heterocycles. The van der Waals surface area contributed by atoms with E-state index in [4.69, 9.17) is 0 Å². The SMILES string of the molecule is C[N+](C)=CCCCF. The van der Waals surface area contributed by atoms with Gasteiger partial charge in [-0.05, 0) is 6.42 Å². The molecular formula is C6H13FN+. The van der Waals surface area contributed by atoms with Crippen LogP contribution in [0.25, 0.3) is 0 Å². The van der Waals surface area contributed by atoms with Crippen molar-refractivity contribution in [3.63, 3.8) is 0 Å². The average molecular weight is 118 g/mol. The van der Waals surface area contributed by atoms with Crippen LogP contribution in [0.2, 0.25) is 0 Å². The summed E-state index contributed by atoms with van der Waals surface area (Å²) in [7, 11) is 3.89. The first-order chi connectivity index (χ1) is 3.77. The molecule has 0 unspecified atom stereocenters. The van der Waals surface area contributed by atoms with Crippen molar-refractivity contribution >= 4 is 6.21 Å². The van der Waals surface area contributed by atoms with Crippen LogP contribution < -0.4 is 0 Å². The fourth-order valence-electron chi connectivity index (χ4n) is 0.427. The molecule has 0 aromatic heterocycles. The van der Waals surface area contributed by atoms with Gasteiger partial charge in [0.2, 0.25) is 0 Å². The summed E-state index contributed by atoms with van der Waals surface area (Å²) in [6, 6.07) is 0. The zero-order valence-electron chi connectivity index (χ0n) is 5.52. The molecule has 0 atom stereocenters. The van der Waals surface area contributed by atoms with Gasteiger partial charge in [0, 0.05) is 6.42 Å². The van der Waals surface area contributed by atoms with Crippen LogP contribution in [-0.2, 0) is 0 Å². The fraction of sp³-hybridized carbons (Fsp3) is 0.833. The number of unbranched alkanes of at least 4 members (excludes halogenated alkanes) is 1. The summed E-state index contributed by atoms with van der Waals surface area (Å²) in [5.41, 5.74) is 0. The summed E-state index contributed by atoms with van der Waals surface area (Å²) >= 11 is 0. The van der Waals surface area contributed by atoms with Gasteiger partial charge >= 0.3 is 0 Å². The standard InChI is InChI=1S/C6H13FN/c1-8(2)6-4-3-5-7/h6H,3-5H2,1-2H3/q+1. The molecule has 0 aromatic carbocycles. The smallest absolute Gasteiger partial charge is 0.139 e. The molecule has 0 N–H and O–H groups in total. The fourth-order valence-corrected chi connectivity index (χ4v) is 0.427. The van der Waals surface area contributed by atoms with Crippen LogP contribution in [0.15, 0.2) is 0 Å². The van der Waals surface area contributed by atoms with Gasteiger partial charge in [-0.2, -0.15) is 0 Å². The molecule has 0 bridgehead atoms. The second-order valence-electron chi connectivity index (χ2n) is 1.98. The minimum absolute atomic E-state index is 0.204. The quantitative estimate of drug-likeness (QED) is 0.296. The van der Waals surface area contributed by atoms with Gasteiger partial charge < -0.3 is 0 Å².